The summed E-state index contributed by atoms with van der Waals surface area (Å²) in [5, 5.41) is 6.91. The zero-order valence-corrected chi connectivity index (χ0v) is 16.6. The Bertz CT molecular complexity index is 319. The van der Waals surface area contributed by atoms with Crippen LogP contribution in [0.15, 0.2) is 4.99 Å². The largest absolute Gasteiger partial charge is 0.378 e. The molecule has 22 heavy (non-hydrogen) atoms. The number of hydrogen-bond donors (Lipinski definition) is 2. The minimum absolute atomic E-state index is 0. The monoisotopic (exact) mass is 423 g/mol. The highest BCUT2D eigenvalue weighted by Gasteiger charge is 2.36. The molecule has 0 amide bonds. The minimum Gasteiger partial charge on any atom is -0.378 e. The molecule has 0 aromatic carbocycles. The number of ether oxygens (including phenoxy) is 1. The van der Waals surface area contributed by atoms with E-state index in [9.17, 15) is 0 Å². The molecular formula is C17H34IN3O. The van der Waals surface area contributed by atoms with E-state index in [1.165, 1.54) is 51.4 Å². The first-order valence-electron chi connectivity index (χ1n) is 8.92. The predicted octanol–water partition coefficient (Wildman–Crippen LogP) is 3.70. The predicted molar refractivity (Wildman–Crippen MR) is 104 cm³/mol. The van der Waals surface area contributed by atoms with Crippen LogP contribution in [0.4, 0.5) is 0 Å². The average Bonchev–Trinajstić information content (AvgIpc) is 3.25. The van der Waals surface area contributed by atoms with E-state index in [4.69, 9.17) is 4.74 Å². The van der Waals surface area contributed by atoms with Crippen molar-refractivity contribution in [1.82, 2.24) is 10.6 Å². The molecule has 0 bridgehead atoms. The maximum Gasteiger partial charge on any atom is 0.191 e. The van der Waals surface area contributed by atoms with Crippen LogP contribution in [0.2, 0.25) is 0 Å². The van der Waals surface area contributed by atoms with Crippen molar-refractivity contribution in [3.05, 3.63) is 0 Å². The smallest absolute Gasteiger partial charge is 0.191 e. The summed E-state index contributed by atoms with van der Waals surface area (Å²) in [6, 6.07) is 0.648. The minimum atomic E-state index is 0. The maximum absolute atomic E-state index is 5.94. The van der Waals surface area contributed by atoms with Gasteiger partial charge in [0.05, 0.1) is 6.10 Å². The van der Waals surface area contributed by atoms with Crippen LogP contribution in [0.25, 0.3) is 0 Å². The SMILES string of the molecule is CCCC1CC1NC(=NC)NCCCOC1CCCCC1.I. The van der Waals surface area contributed by atoms with Crippen LogP contribution < -0.4 is 10.6 Å². The highest BCUT2D eigenvalue weighted by atomic mass is 127. The Balaban J connectivity index is 0.00000242. The van der Waals surface area contributed by atoms with Gasteiger partial charge in [-0.2, -0.15) is 0 Å². The van der Waals surface area contributed by atoms with Crippen LogP contribution >= 0.6 is 24.0 Å². The third kappa shape index (κ3) is 7.49. The van der Waals surface area contributed by atoms with Crippen molar-refractivity contribution in [2.75, 3.05) is 20.2 Å². The molecule has 4 nitrogen and oxygen atoms in total. The van der Waals surface area contributed by atoms with Crippen LogP contribution in [0.1, 0.15) is 64.7 Å². The molecule has 2 unspecified atom stereocenters. The summed E-state index contributed by atoms with van der Waals surface area (Å²) in [5.74, 6) is 1.82. The van der Waals surface area contributed by atoms with Crippen molar-refractivity contribution in [3.63, 3.8) is 0 Å². The molecular weight excluding hydrogens is 389 g/mol. The summed E-state index contributed by atoms with van der Waals surface area (Å²) in [5.41, 5.74) is 0. The summed E-state index contributed by atoms with van der Waals surface area (Å²) < 4.78 is 5.94. The summed E-state index contributed by atoms with van der Waals surface area (Å²) in [7, 11) is 1.85. The van der Waals surface area contributed by atoms with E-state index in [0.717, 1.165) is 31.4 Å². The number of nitrogens with one attached hydrogen (secondary N) is 2. The van der Waals surface area contributed by atoms with Gasteiger partial charge in [0, 0.05) is 26.2 Å². The molecule has 0 aliphatic heterocycles. The standard InChI is InChI=1S/C17H33N3O.HI/c1-3-8-14-13-16(14)20-17(18-2)19-11-7-12-21-15-9-5-4-6-10-15;/h14-16H,3-13H2,1-2H3,(H2,18,19,20);1H. The second-order valence-electron chi connectivity index (χ2n) is 6.52. The first kappa shape index (κ1) is 20.0. The number of hydrogen-bond acceptors (Lipinski definition) is 2. The van der Waals surface area contributed by atoms with E-state index in [2.05, 4.69) is 22.5 Å². The fourth-order valence-electron chi connectivity index (χ4n) is 3.25. The van der Waals surface area contributed by atoms with Gasteiger partial charge in [0.25, 0.3) is 0 Å². The number of rotatable bonds is 8. The molecule has 2 atom stereocenters. The van der Waals surface area contributed by atoms with Gasteiger partial charge in [-0.3, -0.25) is 4.99 Å². The Labute approximate surface area is 153 Å². The maximum atomic E-state index is 5.94. The first-order chi connectivity index (χ1) is 10.3. The highest BCUT2D eigenvalue weighted by Crippen LogP contribution is 2.34. The lowest BCUT2D eigenvalue weighted by Gasteiger charge is -2.22. The highest BCUT2D eigenvalue weighted by molar-refractivity contribution is 14.0. The van der Waals surface area contributed by atoms with Gasteiger partial charge >= 0.3 is 0 Å². The molecule has 0 heterocycles. The van der Waals surface area contributed by atoms with Crippen LogP contribution in [0.3, 0.4) is 0 Å². The van der Waals surface area contributed by atoms with E-state index in [-0.39, 0.29) is 24.0 Å². The molecule has 2 fully saturated rings. The summed E-state index contributed by atoms with van der Waals surface area (Å²) >= 11 is 0. The van der Waals surface area contributed by atoms with Gasteiger partial charge < -0.3 is 15.4 Å². The first-order valence-corrected chi connectivity index (χ1v) is 8.92. The van der Waals surface area contributed by atoms with Gasteiger partial charge in [0.1, 0.15) is 0 Å². The van der Waals surface area contributed by atoms with Crippen LogP contribution in [-0.4, -0.2) is 38.3 Å². The Morgan fingerprint density at radius 3 is 2.68 bits per heavy atom. The molecule has 2 N–H and O–H groups in total. The normalized spacial score (nSPS) is 25.5. The molecule has 0 spiro atoms. The summed E-state index contributed by atoms with van der Waals surface area (Å²) in [6.07, 6.45) is 12.1. The molecule has 2 aliphatic rings. The van der Waals surface area contributed by atoms with E-state index in [1.54, 1.807) is 0 Å². The van der Waals surface area contributed by atoms with E-state index < -0.39 is 0 Å². The lowest BCUT2D eigenvalue weighted by Crippen LogP contribution is -2.39. The average molecular weight is 423 g/mol. The quantitative estimate of drug-likeness (QED) is 0.271. The van der Waals surface area contributed by atoms with Crippen molar-refractivity contribution >= 4 is 29.9 Å². The van der Waals surface area contributed by atoms with Crippen molar-refractivity contribution in [2.45, 2.75) is 76.9 Å². The lowest BCUT2D eigenvalue weighted by molar-refractivity contribution is 0.0277. The Morgan fingerprint density at radius 1 is 1.23 bits per heavy atom. The summed E-state index contributed by atoms with van der Waals surface area (Å²) in [4.78, 5) is 4.30. The lowest BCUT2D eigenvalue weighted by atomic mass is 9.98. The van der Waals surface area contributed by atoms with Gasteiger partial charge in [-0.25, -0.2) is 0 Å². The van der Waals surface area contributed by atoms with E-state index >= 15 is 0 Å². The zero-order chi connectivity index (χ0) is 14.9. The molecule has 5 heteroatoms. The molecule has 2 saturated carbocycles. The number of guanidine groups is 1. The van der Waals surface area contributed by atoms with Crippen molar-refractivity contribution in [2.24, 2.45) is 10.9 Å². The molecule has 0 radical (unpaired) electrons. The molecule has 0 aromatic rings. The zero-order valence-electron chi connectivity index (χ0n) is 14.3. The third-order valence-electron chi connectivity index (χ3n) is 4.65. The van der Waals surface area contributed by atoms with Gasteiger partial charge in [-0.1, -0.05) is 32.6 Å². The molecule has 0 saturated heterocycles. The number of halogens is 1. The van der Waals surface area contributed by atoms with Gasteiger partial charge in [0.2, 0.25) is 0 Å². The van der Waals surface area contributed by atoms with Crippen LogP contribution in [0.5, 0.6) is 0 Å². The number of nitrogens with zero attached hydrogens (tertiary/aromatic N) is 1. The Morgan fingerprint density at radius 2 is 2.00 bits per heavy atom. The second-order valence-corrected chi connectivity index (χ2v) is 6.52. The third-order valence-corrected chi connectivity index (χ3v) is 4.65. The van der Waals surface area contributed by atoms with Crippen LogP contribution in [-0.2, 0) is 4.74 Å². The Kier molecular flexibility index (Phi) is 10.4. The molecule has 2 aliphatic carbocycles. The fraction of sp³-hybridized carbons (Fsp3) is 0.941. The second kappa shape index (κ2) is 11.5. The van der Waals surface area contributed by atoms with Crippen molar-refractivity contribution in [1.29, 1.82) is 0 Å². The van der Waals surface area contributed by atoms with Gasteiger partial charge in [-0.15, -0.1) is 24.0 Å². The molecule has 0 aromatic heterocycles. The van der Waals surface area contributed by atoms with Crippen molar-refractivity contribution in [3.8, 4) is 0 Å². The van der Waals surface area contributed by atoms with Gasteiger partial charge in [0.15, 0.2) is 5.96 Å². The van der Waals surface area contributed by atoms with E-state index in [1.807, 2.05) is 7.05 Å². The van der Waals surface area contributed by atoms with E-state index in [0.29, 0.717) is 12.1 Å². The van der Waals surface area contributed by atoms with Gasteiger partial charge in [-0.05, 0) is 38.0 Å². The number of aliphatic imine (C=N–C) groups is 1. The van der Waals surface area contributed by atoms with Crippen LogP contribution in [0, 0.1) is 5.92 Å². The topological polar surface area (TPSA) is 45.7 Å². The molecule has 2 rings (SSSR count). The molecule has 130 valence electrons. The summed E-state index contributed by atoms with van der Waals surface area (Å²) in [6.45, 7) is 4.07. The van der Waals surface area contributed by atoms with Crippen molar-refractivity contribution < 1.29 is 4.74 Å². The fourth-order valence-corrected chi connectivity index (χ4v) is 3.25. The Hall–Kier alpha value is -0.0400.